The third-order valence-electron chi connectivity index (χ3n) is 3.60. The SMILES string of the molecule is C=Cc1ccc(C(N)[B]c2cc(C(F)(F)F)ccc2C(F)(F)F)cc1. The first kappa shape index (κ1) is 19.1. The fourth-order valence-corrected chi connectivity index (χ4v) is 2.28. The second-order valence-electron chi connectivity index (χ2n) is 5.36. The normalized spacial score (nSPS) is 13.4. The topological polar surface area (TPSA) is 26.0 Å². The Morgan fingerprint density at radius 2 is 1.52 bits per heavy atom. The van der Waals surface area contributed by atoms with Gasteiger partial charge in [0, 0.05) is 11.5 Å². The van der Waals surface area contributed by atoms with Crippen LogP contribution in [0.2, 0.25) is 0 Å². The predicted molar refractivity (Wildman–Crippen MR) is 85.3 cm³/mol. The van der Waals surface area contributed by atoms with Gasteiger partial charge in [-0.3, -0.25) is 0 Å². The lowest BCUT2D eigenvalue weighted by molar-refractivity contribution is -0.140. The molecule has 0 saturated heterocycles. The van der Waals surface area contributed by atoms with Crippen LogP contribution in [-0.2, 0) is 12.4 Å². The van der Waals surface area contributed by atoms with Gasteiger partial charge in [-0.05, 0) is 23.3 Å². The summed E-state index contributed by atoms with van der Waals surface area (Å²) >= 11 is 0. The molecule has 2 rings (SSSR count). The van der Waals surface area contributed by atoms with E-state index < -0.39 is 34.9 Å². The summed E-state index contributed by atoms with van der Waals surface area (Å²) in [6.07, 6.45) is -7.96. The van der Waals surface area contributed by atoms with Gasteiger partial charge in [0.2, 0.25) is 0 Å². The molecule has 0 aliphatic rings. The molecule has 0 heterocycles. The van der Waals surface area contributed by atoms with E-state index in [1.807, 2.05) is 0 Å². The molecule has 2 aromatic rings. The highest BCUT2D eigenvalue weighted by Gasteiger charge is 2.37. The summed E-state index contributed by atoms with van der Waals surface area (Å²) in [6, 6.07) is 7.77. The van der Waals surface area contributed by atoms with Crippen LogP contribution in [0.25, 0.3) is 6.08 Å². The van der Waals surface area contributed by atoms with Crippen LogP contribution in [0, 0.1) is 0 Å². The van der Waals surface area contributed by atoms with Crippen molar-refractivity contribution in [2.75, 3.05) is 0 Å². The minimum atomic E-state index is -4.79. The maximum absolute atomic E-state index is 13.1. The third-order valence-corrected chi connectivity index (χ3v) is 3.60. The van der Waals surface area contributed by atoms with Crippen LogP contribution in [0.4, 0.5) is 26.3 Å². The molecule has 0 saturated carbocycles. The Labute approximate surface area is 141 Å². The van der Waals surface area contributed by atoms with Crippen LogP contribution in [0.15, 0.2) is 49.0 Å². The predicted octanol–water partition coefficient (Wildman–Crippen LogP) is 4.35. The molecule has 1 atom stereocenters. The van der Waals surface area contributed by atoms with Crippen LogP contribution in [0.1, 0.15) is 28.2 Å². The van der Waals surface area contributed by atoms with E-state index in [-0.39, 0.29) is 0 Å². The number of hydrogen-bond acceptors (Lipinski definition) is 1. The number of rotatable bonds is 4. The zero-order valence-electron chi connectivity index (χ0n) is 12.8. The Bertz CT molecular complexity index is 749. The molecule has 0 aromatic heterocycles. The Kier molecular flexibility index (Phi) is 5.32. The second-order valence-corrected chi connectivity index (χ2v) is 5.36. The fourth-order valence-electron chi connectivity index (χ4n) is 2.28. The zero-order chi connectivity index (χ0) is 18.8. The van der Waals surface area contributed by atoms with Gasteiger partial charge in [-0.25, -0.2) is 0 Å². The number of alkyl halides is 6. The fraction of sp³-hybridized carbons (Fsp3) is 0.176. The van der Waals surface area contributed by atoms with Crippen LogP contribution in [0.3, 0.4) is 0 Å². The van der Waals surface area contributed by atoms with Crippen molar-refractivity contribution in [1.82, 2.24) is 0 Å². The summed E-state index contributed by atoms with van der Waals surface area (Å²) in [5.74, 6) is -0.997. The molecule has 2 aromatic carbocycles. The van der Waals surface area contributed by atoms with Crippen molar-refractivity contribution in [3.8, 4) is 0 Å². The largest absolute Gasteiger partial charge is 0.416 e. The first-order valence-electron chi connectivity index (χ1n) is 7.13. The number of nitrogens with two attached hydrogens (primary N) is 1. The minimum Gasteiger partial charge on any atom is -0.331 e. The van der Waals surface area contributed by atoms with E-state index in [0.29, 0.717) is 23.8 Å². The molecular formula is C17H13BF6N. The van der Waals surface area contributed by atoms with Crippen molar-refractivity contribution in [3.63, 3.8) is 0 Å². The Hall–Kier alpha value is -2.22. The molecule has 8 heteroatoms. The Morgan fingerprint density at radius 1 is 0.920 bits per heavy atom. The molecule has 2 N–H and O–H groups in total. The average molecular weight is 356 g/mol. The van der Waals surface area contributed by atoms with Crippen molar-refractivity contribution in [2.45, 2.75) is 18.3 Å². The monoisotopic (exact) mass is 356 g/mol. The van der Waals surface area contributed by atoms with Gasteiger partial charge in [0.25, 0.3) is 0 Å². The van der Waals surface area contributed by atoms with E-state index in [1.54, 1.807) is 30.3 Å². The number of benzene rings is 2. The molecule has 1 unspecified atom stereocenters. The lowest BCUT2D eigenvalue weighted by atomic mass is 9.59. The molecule has 0 fully saturated rings. The van der Waals surface area contributed by atoms with Gasteiger partial charge >= 0.3 is 12.4 Å². The molecule has 25 heavy (non-hydrogen) atoms. The summed E-state index contributed by atoms with van der Waals surface area (Å²) in [5.41, 5.74) is 4.17. The zero-order valence-corrected chi connectivity index (χ0v) is 12.8. The summed E-state index contributed by atoms with van der Waals surface area (Å²) in [7, 11) is 0.973. The standard InChI is InChI=1S/C17H13BF6N/c1-2-10-3-5-11(6-4-10)15(25)18-14-9-12(16(19,20)21)7-8-13(14)17(22,23)24/h2-9,15H,1,25H2. The van der Waals surface area contributed by atoms with E-state index >= 15 is 0 Å². The van der Waals surface area contributed by atoms with Crippen molar-refractivity contribution < 1.29 is 26.3 Å². The molecule has 1 nitrogen and oxygen atoms in total. The second kappa shape index (κ2) is 6.96. The summed E-state index contributed by atoms with van der Waals surface area (Å²) in [6.45, 7) is 3.57. The van der Waals surface area contributed by atoms with Crippen molar-refractivity contribution in [2.24, 2.45) is 5.73 Å². The lowest BCUT2D eigenvalue weighted by Gasteiger charge is -2.18. The smallest absolute Gasteiger partial charge is 0.331 e. The summed E-state index contributed by atoms with van der Waals surface area (Å²) in [5, 5.41) is 0. The maximum Gasteiger partial charge on any atom is 0.416 e. The van der Waals surface area contributed by atoms with E-state index in [9.17, 15) is 26.3 Å². The quantitative estimate of drug-likeness (QED) is 0.640. The van der Waals surface area contributed by atoms with Gasteiger partial charge in [0.05, 0.1) is 5.56 Å². The molecule has 131 valence electrons. The van der Waals surface area contributed by atoms with Crippen molar-refractivity contribution in [1.29, 1.82) is 0 Å². The number of halogens is 6. The Balaban J connectivity index is 2.39. The molecule has 1 radical (unpaired) electrons. The van der Waals surface area contributed by atoms with Crippen molar-refractivity contribution >= 4 is 18.8 Å². The van der Waals surface area contributed by atoms with E-state index in [1.165, 1.54) is 0 Å². The minimum absolute atomic E-state index is 0.407. The van der Waals surface area contributed by atoms with Crippen LogP contribution in [-0.4, -0.2) is 7.28 Å². The van der Waals surface area contributed by atoms with E-state index in [0.717, 1.165) is 12.8 Å². The average Bonchev–Trinajstić information content (AvgIpc) is 2.53. The molecule has 0 spiro atoms. The van der Waals surface area contributed by atoms with Gasteiger partial charge in [-0.15, -0.1) is 0 Å². The van der Waals surface area contributed by atoms with Gasteiger partial charge in [-0.1, -0.05) is 48.4 Å². The summed E-state index contributed by atoms with van der Waals surface area (Å²) < 4.78 is 77.6. The van der Waals surface area contributed by atoms with Gasteiger partial charge < -0.3 is 5.73 Å². The first-order chi connectivity index (χ1) is 11.5. The van der Waals surface area contributed by atoms with E-state index in [4.69, 9.17) is 5.73 Å². The first-order valence-corrected chi connectivity index (χ1v) is 7.13. The number of hydrogen-bond donors (Lipinski definition) is 1. The molecule has 0 aliphatic heterocycles. The highest BCUT2D eigenvalue weighted by molar-refractivity contribution is 6.55. The van der Waals surface area contributed by atoms with Gasteiger partial charge in [0.1, 0.15) is 0 Å². The van der Waals surface area contributed by atoms with Crippen LogP contribution in [0.5, 0.6) is 0 Å². The molecule has 0 amide bonds. The van der Waals surface area contributed by atoms with Crippen molar-refractivity contribution in [3.05, 3.63) is 71.3 Å². The summed E-state index contributed by atoms with van der Waals surface area (Å²) in [4.78, 5) is 0. The molecule has 0 bridgehead atoms. The highest BCUT2D eigenvalue weighted by atomic mass is 19.4. The lowest BCUT2D eigenvalue weighted by Crippen LogP contribution is -2.34. The Morgan fingerprint density at radius 3 is 2.00 bits per heavy atom. The molecular weight excluding hydrogens is 343 g/mol. The van der Waals surface area contributed by atoms with Crippen LogP contribution >= 0.6 is 0 Å². The third kappa shape index (κ3) is 4.66. The van der Waals surface area contributed by atoms with Crippen LogP contribution < -0.4 is 11.2 Å². The van der Waals surface area contributed by atoms with Gasteiger partial charge in [-0.2, -0.15) is 26.3 Å². The maximum atomic E-state index is 13.1. The van der Waals surface area contributed by atoms with Gasteiger partial charge in [0.15, 0.2) is 7.28 Å². The van der Waals surface area contributed by atoms with E-state index in [2.05, 4.69) is 6.58 Å². The molecule has 0 aliphatic carbocycles. The highest BCUT2D eigenvalue weighted by Crippen LogP contribution is 2.33.